The lowest BCUT2D eigenvalue weighted by Gasteiger charge is -2.26. The molecule has 1 saturated heterocycles. The molecule has 1 aromatic rings. The molecule has 2 rings (SSSR count). The number of rotatable bonds is 23. The average Bonchev–Trinajstić information content (AvgIpc) is 3.44. The highest BCUT2D eigenvalue weighted by atomic mass is 32.2. The predicted octanol–water partition coefficient (Wildman–Crippen LogP) is -1.75. The number of carbonyl (C=O) groups is 4. The first kappa shape index (κ1) is 42.1. The highest BCUT2D eigenvalue weighted by molar-refractivity contribution is 7.98. The fourth-order valence-electron chi connectivity index (χ4n) is 5.00. The Morgan fingerprint density at radius 2 is 1.69 bits per heavy atom. The van der Waals surface area contributed by atoms with E-state index in [4.69, 9.17) is 20.9 Å². The molecule has 3 amide bonds. The highest BCUT2D eigenvalue weighted by Crippen LogP contribution is 2.38. The van der Waals surface area contributed by atoms with Crippen LogP contribution in [0.2, 0.25) is 0 Å². The minimum atomic E-state index is -4.98. The fourth-order valence-corrected chi connectivity index (χ4v) is 5.82. The monoisotopic (exact) mass is 737 g/mol. The quantitative estimate of drug-likeness (QED) is 0.0267. The van der Waals surface area contributed by atoms with Gasteiger partial charge in [-0.1, -0.05) is 0 Å². The predicted molar refractivity (Wildman–Crippen MR) is 178 cm³/mol. The van der Waals surface area contributed by atoms with Gasteiger partial charge in [0.15, 0.2) is 0 Å². The molecule has 6 atom stereocenters. The van der Waals surface area contributed by atoms with Crippen LogP contribution in [-0.4, -0.2) is 106 Å². The minimum Gasteiger partial charge on any atom is -0.458 e. The number of nitrogens with one attached hydrogen (secondary N) is 4. The van der Waals surface area contributed by atoms with Gasteiger partial charge in [0, 0.05) is 18.2 Å². The number of unbranched alkanes of at least 4 members (excludes halogenated alkanes) is 2. The molecule has 0 aliphatic carbocycles. The number of aryl methyl sites for hydroxylation is 1. The van der Waals surface area contributed by atoms with Gasteiger partial charge in [0.1, 0.15) is 36.6 Å². The Hall–Kier alpha value is -3.10. The molecule has 19 nitrogen and oxygen atoms in total. The Kier molecular flexibility index (Phi) is 18.2. The van der Waals surface area contributed by atoms with Gasteiger partial charge in [-0.15, -0.1) is 0 Å². The number of phosphoric ester groups is 1. The van der Waals surface area contributed by atoms with Crippen molar-refractivity contribution in [2.24, 2.45) is 11.5 Å². The first-order chi connectivity index (χ1) is 23.2. The Morgan fingerprint density at radius 3 is 2.29 bits per heavy atom. The number of amides is 3. The Labute approximate surface area is 287 Å². The SMILES string of the molecule is CSCC[C@H](NC=O)C(=O)N[C@@H](CCCCN)C(=O)N[C@@H](CCCCN)C(=O)O[C@H]1C[C@H](n2cc(C)c(=O)[nH]c2=O)O[C@@H]1COP(=O)(O)O. The molecule has 21 heteroatoms. The Balaban J connectivity index is 2.31. The van der Waals surface area contributed by atoms with Gasteiger partial charge in [0.2, 0.25) is 18.2 Å². The molecule has 2 heterocycles. The molecular weight excluding hydrogens is 689 g/mol. The lowest BCUT2D eigenvalue weighted by molar-refractivity contribution is -0.157. The maximum Gasteiger partial charge on any atom is 0.469 e. The summed E-state index contributed by atoms with van der Waals surface area (Å²) in [6, 6.07) is -3.22. The molecule has 10 N–H and O–H groups in total. The molecule has 1 aromatic heterocycles. The molecule has 1 aliphatic heterocycles. The molecule has 49 heavy (non-hydrogen) atoms. The largest absolute Gasteiger partial charge is 0.469 e. The number of aromatic nitrogens is 2. The van der Waals surface area contributed by atoms with Crippen molar-refractivity contribution in [1.29, 1.82) is 0 Å². The summed E-state index contributed by atoms with van der Waals surface area (Å²) >= 11 is 1.48. The van der Waals surface area contributed by atoms with E-state index in [-0.39, 0.29) is 24.8 Å². The molecule has 0 unspecified atom stereocenters. The molecule has 0 spiro atoms. The van der Waals surface area contributed by atoms with Crippen molar-refractivity contribution >= 4 is 43.8 Å². The van der Waals surface area contributed by atoms with Crippen molar-refractivity contribution < 1.29 is 47.5 Å². The van der Waals surface area contributed by atoms with Crippen molar-refractivity contribution in [2.75, 3.05) is 31.7 Å². The third-order valence-corrected chi connectivity index (χ3v) is 8.76. The van der Waals surface area contributed by atoms with Crippen LogP contribution in [0.1, 0.15) is 63.2 Å². The standard InChI is InChI=1S/C28H48N7O12PS/c1-17-14-35(28(41)34-24(17)37)23-13-21(22(46-23)15-45-48(42,43)44)47-27(40)20(8-4-6-11-30)33-26(39)19(7-3-5-10-29)32-25(38)18(31-16-36)9-12-49-2/h14,16,18-23H,3-13,15,29-30H2,1-2H3,(H,31,36)(H,32,38)(H,33,39)(H,34,37,41)(H2,42,43,44)/t18-,19-,20-,21-,22+,23+/m0/s1. The van der Waals surface area contributed by atoms with Crippen LogP contribution in [-0.2, 0) is 37.7 Å². The van der Waals surface area contributed by atoms with Crippen LogP contribution >= 0.6 is 19.6 Å². The van der Waals surface area contributed by atoms with Crippen LogP contribution in [0.5, 0.6) is 0 Å². The topological polar surface area (TPSA) is 296 Å². The first-order valence-corrected chi connectivity index (χ1v) is 18.7. The fraction of sp³-hybridized carbons (Fsp3) is 0.714. The van der Waals surface area contributed by atoms with Gasteiger partial charge in [-0.3, -0.25) is 33.3 Å². The number of carbonyl (C=O) groups excluding carboxylic acids is 4. The molecule has 0 saturated carbocycles. The van der Waals surface area contributed by atoms with Crippen LogP contribution in [0.3, 0.4) is 0 Å². The number of H-pyrrole nitrogens is 1. The van der Waals surface area contributed by atoms with Crippen LogP contribution in [0.4, 0.5) is 0 Å². The summed E-state index contributed by atoms with van der Waals surface area (Å²) in [7, 11) is -4.98. The van der Waals surface area contributed by atoms with Crippen LogP contribution in [0.15, 0.2) is 15.8 Å². The molecule has 0 aromatic carbocycles. The normalized spacial score (nSPS) is 19.4. The summed E-state index contributed by atoms with van der Waals surface area (Å²) in [5.41, 5.74) is 9.99. The van der Waals surface area contributed by atoms with Crippen LogP contribution < -0.4 is 38.7 Å². The van der Waals surface area contributed by atoms with Crippen LogP contribution in [0, 0.1) is 6.92 Å². The first-order valence-electron chi connectivity index (χ1n) is 15.8. The molecule has 1 fully saturated rings. The third kappa shape index (κ3) is 14.3. The van der Waals surface area contributed by atoms with E-state index in [2.05, 4.69) is 25.5 Å². The zero-order chi connectivity index (χ0) is 36.6. The third-order valence-electron chi connectivity index (χ3n) is 7.64. The molecular formula is C28H48N7O12PS. The summed E-state index contributed by atoms with van der Waals surface area (Å²) in [6.07, 6.45) is 2.28. The number of nitrogens with zero attached hydrogens (tertiary/aromatic N) is 1. The lowest BCUT2D eigenvalue weighted by atomic mass is 10.0. The molecule has 1 aliphatic rings. The number of thioether (sulfide) groups is 1. The summed E-state index contributed by atoms with van der Waals surface area (Å²) in [4.78, 5) is 96.4. The number of nitrogens with two attached hydrogens (primary N) is 2. The van der Waals surface area contributed by atoms with E-state index in [1.165, 1.54) is 24.9 Å². The zero-order valence-corrected chi connectivity index (χ0v) is 29.2. The van der Waals surface area contributed by atoms with E-state index in [1.807, 2.05) is 6.26 Å². The lowest BCUT2D eigenvalue weighted by Crippen LogP contribution is -2.55. The highest BCUT2D eigenvalue weighted by Gasteiger charge is 2.42. The van der Waals surface area contributed by atoms with E-state index >= 15 is 0 Å². The van der Waals surface area contributed by atoms with Crippen LogP contribution in [0.25, 0.3) is 0 Å². The van der Waals surface area contributed by atoms with Crippen molar-refractivity contribution in [1.82, 2.24) is 25.5 Å². The van der Waals surface area contributed by atoms with Gasteiger partial charge in [-0.05, 0) is 77.0 Å². The number of esters is 1. The number of ether oxygens (including phenoxy) is 2. The Morgan fingerprint density at radius 1 is 1.08 bits per heavy atom. The van der Waals surface area contributed by atoms with Crippen molar-refractivity contribution in [2.45, 2.75) is 94.9 Å². The van der Waals surface area contributed by atoms with E-state index in [0.29, 0.717) is 57.4 Å². The molecule has 0 bridgehead atoms. The van der Waals surface area contributed by atoms with Crippen molar-refractivity contribution in [3.8, 4) is 0 Å². The summed E-state index contributed by atoms with van der Waals surface area (Å²) in [6.45, 7) is 1.39. The van der Waals surface area contributed by atoms with Gasteiger partial charge < -0.3 is 46.7 Å². The second-order valence-electron chi connectivity index (χ2n) is 11.4. The van der Waals surface area contributed by atoms with Gasteiger partial charge >= 0.3 is 19.5 Å². The number of hydrogen-bond acceptors (Lipinski definition) is 13. The number of aromatic amines is 1. The number of phosphoric acid groups is 1. The maximum absolute atomic E-state index is 13.6. The van der Waals surface area contributed by atoms with E-state index in [0.717, 1.165) is 4.57 Å². The van der Waals surface area contributed by atoms with Gasteiger partial charge in [-0.25, -0.2) is 14.2 Å². The van der Waals surface area contributed by atoms with Gasteiger partial charge in [0.25, 0.3) is 5.56 Å². The second kappa shape index (κ2) is 21.2. The average molecular weight is 738 g/mol. The van der Waals surface area contributed by atoms with E-state index in [9.17, 15) is 43.1 Å². The smallest absolute Gasteiger partial charge is 0.458 e. The van der Waals surface area contributed by atoms with E-state index < -0.39 is 80.0 Å². The van der Waals surface area contributed by atoms with Gasteiger partial charge in [-0.2, -0.15) is 11.8 Å². The number of hydrogen-bond donors (Lipinski definition) is 8. The second-order valence-corrected chi connectivity index (χ2v) is 13.6. The molecule has 278 valence electrons. The summed E-state index contributed by atoms with van der Waals surface area (Å²) in [5, 5.41) is 7.77. The van der Waals surface area contributed by atoms with Gasteiger partial charge in [0.05, 0.1) is 6.61 Å². The molecule has 0 radical (unpaired) electrons. The van der Waals surface area contributed by atoms with Crippen molar-refractivity contribution in [3.63, 3.8) is 0 Å². The Bertz CT molecular complexity index is 1410. The summed E-state index contributed by atoms with van der Waals surface area (Å²) < 4.78 is 28.6. The van der Waals surface area contributed by atoms with Crippen molar-refractivity contribution in [3.05, 3.63) is 32.6 Å². The summed E-state index contributed by atoms with van der Waals surface area (Å²) in [5.74, 6) is -1.61. The minimum absolute atomic E-state index is 0.0908. The zero-order valence-electron chi connectivity index (χ0n) is 27.5. The van der Waals surface area contributed by atoms with E-state index in [1.54, 1.807) is 0 Å². The maximum atomic E-state index is 13.6.